The van der Waals surface area contributed by atoms with Gasteiger partial charge in [0.25, 0.3) is 0 Å². The molecular weight excluding hydrogens is 278 g/mol. The normalized spacial score (nSPS) is 17.3. The third-order valence-corrected chi connectivity index (χ3v) is 4.97. The van der Waals surface area contributed by atoms with E-state index in [4.69, 9.17) is 5.73 Å². The van der Waals surface area contributed by atoms with Crippen LogP contribution >= 0.6 is 0 Å². The lowest BCUT2D eigenvalue weighted by Gasteiger charge is -2.37. The molecule has 1 saturated carbocycles. The van der Waals surface area contributed by atoms with Crippen molar-refractivity contribution in [2.45, 2.75) is 36.1 Å². The third kappa shape index (κ3) is 3.36. The lowest BCUT2D eigenvalue weighted by molar-refractivity contribution is -0.118. The number of sulfonamides is 1. The lowest BCUT2D eigenvalue weighted by Crippen LogP contribution is -2.48. The van der Waals surface area contributed by atoms with Gasteiger partial charge in [0.1, 0.15) is 0 Å². The zero-order chi connectivity index (χ0) is 14.8. The highest BCUT2D eigenvalue weighted by atomic mass is 32.2. The first kappa shape index (κ1) is 15.0. The van der Waals surface area contributed by atoms with E-state index in [0.717, 1.165) is 19.3 Å². The van der Waals surface area contributed by atoms with Crippen molar-refractivity contribution in [2.75, 3.05) is 12.4 Å². The Kier molecular flexibility index (Phi) is 4.12. The van der Waals surface area contributed by atoms with Crippen LogP contribution in [-0.4, -0.2) is 26.9 Å². The summed E-state index contributed by atoms with van der Waals surface area (Å²) in [5.74, 6) is -0.189. The fourth-order valence-corrected chi connectivity index (χ4v) is 2.97. The molecule has 1 aliphatic rings. The molecule has 2 rings (SSSR count). The van der Waals surface area contributed by atoms with Crippen molar-refractivity contribution in [3.8, 4) is 0 Å². The molecule has 7 heteroatoms. The quantitative estimate of drug-likeness (QED) is 0.748. The Bertz CT molecular complexity index is 609. The van der Waals surface area contributed by atoms with E-state index in [1.54, 1.807) is 12.1 Å². The maximum Gasteiger partial charge on any atom is 0.240 e. The molecule has 0 aliphatic heterocycles. The van der Waals surface area contributed by atoms with E-state index < -0.39 is 15.6 Å². The van der Waals surface area contributed by atoms with E-state index in [2.05, 4.69) is 10.0 Å². The second-order valence-electron chi connectivity index (χ2n) is 5.18. The second kappa shape index (κ2) is 5.51. The summed E-state index contributed by atoms with van der Waals surface area (Å²) in [5, 5.41) is 2.69. The smallest absolute Gasteiger partial charge is 0.240 e. The van der Waals surface area contributed by atoms with Gasteiger partial charge in [-0.2, -0.15) is 0 Å². The predicted octanol–water partition coefficient (Wildman–Crippen LogP) is 0.805. The van der Waals surface area contributed by atoms with Gasteiger partial charge in [-0.15, -0.1) is 0 Å². The molecule has 0 bridgehead atoms. The highest BCUT2D eigenvalue weighted by Crippen LogP contribution is 2.32. The first-order valence-electron chi connectivity index (χ1n) is 6.47. The minimum absolute atomic E-state index is 0.115. The molecule has 0 aromatic heterocycles. The molecule has 1 aromatic rings. The van der Waals surface area contributed by atoms with E-state index in [0.29, 0.717) is 5.69 Å². The summed E-state index contributed by atoms with van der Waals surface area (Å²) in [6.07, 6.45) is 3.03. The lowest BCUT2D eigenvalue weighted by atomic mass is 9.75. The molecule has 1 fully saturated rings. The average Bonchev–Trinajstić information content (AvgIpc) is 2.37. The molecule has 110 valence electrons. The summed E-state index contributed by atoms with van der Waals surface area (Å²) in [7, 11) is -2.17. The van der Waals surface area contributed by atoms with Gasteiger partial charge < -0.3 is 11.1 Å². The molecule has 1 amide bonds. The topological polar surface area (TPSA) is 101 Å². The number of nitrogens with one attached hydrogen (secondary N) is 2. The maximum absolute atomic E-state index is 11.9. The molecule has 20 heavy (non-hydrogen) atoms. The molecule has 0 unspecified atom stereocenters. The minimum atomic E-state index is -3.51. The molecule has 6 nitrogen and oxygen atoms in total. The zero-order valence-electron chi connectivity index (χ0n) is 11.3. The molecule has 0 atom stereocenters. The molecule has 1 aliphatic carbocycles. The number of nitrogens with two attached hydrogens (primary N) is 1. The average molecular weight is 297 g/mol. The number of hydrogen-bond acceptors (Lipinski definition) is 4. The first-order valence-corrected chi connectivity index (χ1v) is 7.95. The van der Waals surface area contributed by atoms with Crippen LogP contribution in [0.2, 0.25) is 0 Å². The van der Waals surface area contributed by atoms with Crippen molar-refractivity contribution in [3.63, 3.8) is 0 Å². The Morgan fingerprint density at radius 1 is 1.40 bits per heavy atom. The number of carbonyl (C=O) groups excluding carboxylic acids is 1. The standard InChI is InChI=1S/C13H19N3O3S/c1-15-20(18,19)11-5-2-4-10(8-11)16-12(17)9-13(14)6-3-7-13/h2,4-5,8,15H,3,6-7,9,14H2,1H3,(H,16,17). The van der Waals surface area contributed by atoms with Crippen LogP contribution in [0.1, 0.15) is 25.7 Å². The van der Waals surface area contributed by atoms with Gasteiger partial charge in [-0.3, -0.25) is 4.79 Å². The van der Waals surface area contributed by atoms with Crippen LogP contribution in [-0.2, 0) is 14.8 Å². The molecule has 0 heterocycles. The summed E-state index contributed by atoms with van der Waals surface area (Å²) in [6, 6.07) is 6.13. The summed E-state index contributed by atoms with van der Waals surface area (Å²) in [6.45, 7) is 0. The first-order chi connectivity index (χ1) is 9.35. The number of benzene rings is 1. The largest absolute Gasteiger partial charge is 0.326 e. The minimum Gasteiger partial charge on any atom is -0.326 e. The van der Waals surface area contributed by atoms with E-state index in [9.17, 15) is 13.2 Å². The van der Waals surface area contributed by atoms with Gasteiger partial charge in [-0.1, -0.05) is 6.07 Å². The summed E-state index contributed by atoms with van der Waals surface area (Å²) >= 11 is 0. The van der Waals surface area contributed by atoms with Crippen LogP contribution in [0.5, 0.6) is 0 Å². The van der Waals surface area contributed by atoms with Crippen molar-refractivity contribution < 1.29 is 13.2 Å². The molecule has 4 N–H and O–H groups in total. The van der Waals surface area contributed by atoms with Crippen molar-refractivity contribution in [3.05, 3.63) is 24.3 Å². The van der Waals surface area contributed by atoms with Crippen LogP contribution in [0.25, 0.3) is 0 Å². The molecular formula is C13H19N3O3S. The van der Waals surface area contributed by atoms with Gasteiger partial charge in [0.15, 0.2) is 0 Å². The maximum atomic E-state index is 11.9. The van der Waals surface area contributed by atoms with Gasteiger partial charge in [0.2, 0.25) is 15.9 Å². The SMILES string of the molecule is CNS(=O)(=O)c1cccc(NC(=O)CC2(N)CCC2)c1. The molecule has 0 spiro atoms. The Morgan fingerprint density at radius 2 is 2.10 bits per heavy atom. The van der Waals surface area contributed by atoms with E-state index in [1.807, 2.05) is 0 Å². The zero-order valence-corrected chi connectivity index (χ0v) is 12.2. The predicted molar refractivity (Wildman–Crippen MR) is 76.7 cm³/mol. The molecule has 0 saturated heterocycles. The van der Waals surface area contributed by atoms with Gasteiger partial charge in [-0.05, 0) is 44.5 Å². The highest BCUT2D eigenvalue weighted by Gasteiger charge is 2.34. The molecule has 0 radical (unpaired) electrons. The third-order valence-electron chi connectivity index (χ3n) is 3.56. The van der Waals surface area contributed by atoms with Crippen molar-refractivity contribution >= 4 is 21.6 Å². The fraction of sp³-hybridized carbons (Fsp3) is 0.462. The van der Waals surface area contributed by atoms with Gasteiger partial charge >= 0.3 is 0 Å². The fourth-order valence-electron chi connectivity index (χ4n) is 2.19. The van der Waals surface area contributed by atoms with Gasteiger partial charge in [0.05, 0.1) is 4.90 Å². The van der Waals surface area contributed by atoms with E-state index in [1.165, 1.54) is 19.2 Å². The molecule has 1 aromatic carbocycles. The monoisotopic (exact) mass is 297 g/mol. The Labute approximate surface area is 118 Å². The van der Waals surface area contributed by atoms with Crippen molar-refractivity contribution in [1.29, 1.82) is 0 Å². The van der Waals surface area contributed by atoms with Crippen LogP contribution in [0.4, 0.5) is 5.69 Å². The number of anilines is 1. The highest BCUT2D eigenvalue weighted by molar-refractivity contribution is 7.89. The van der Waals surface area contributed by atoms with Crippen molar-refractivity contribution in [2.24, 2.45) is 5.73 Å². The number of carbonyl (C=O) groups is 1. The van der Waals surface area contributed by atoms with Crippen molar-refractivity contribution in [1.82, 2.24) is 4.72 Å². The Morgan fingerprint density at radius 3 is 2.65 bits per heavy atom. The van der Waals surface area contributed by atoms with Crippen LogP contribution in [0.3, 0.4) is 0 Å². The van der Waals surface area contributed by atoms with Gasteiger partial charge in [-0.25, -0.2) is 13.1 Å². The number of rotatable bonds is 5. The number of amides is 1. The van der Waals surface area contributed by atoms with Gasteiger partial charge in [0, 0.05) is 17.6 Å². The number of hydrogen-bond donors (Lipinski definition) is 3. The Hall–Kier alpha value is -1.44. The van der Waals surface area contributed by atoms with E-state index in [-0.39, 0.29) is 17.2 Å². The Balaban J connectivity index is 2.06. The summed E-state index contributed by atoms with van der Waals surface area (Å²) in [4.78, 5) is 12.0. The van der Waals surface area contributed by atoms with Crippen LogP contribution in [0, 0.1) is 0 Å². The van der Waals surface area contributed by atoms with Crippen LogP contribution < -0.4 is 15.8 Å². The summed E-state index contributed by atoms with van der Waals surface area (Å²) in [5.41, 5.74) is 6.07. The summed E-state index contributed by atoms with van der Waals surface area (Å²) < 4.78 is 25.6. The van der Waals surface area contributed by atoms with E-state index >= 15 is 0 Å². The van der Waals surface area contributed by atoms with Crippen LogP contribution in [0.15, 0.2) is 29.2 Å². The second-order valence-corrected chi connectivity index (χ2v) is 7.06.